The summed E-state index contributed by atoms with van der Waals surface area (Å²) in [5.41, 5.74) is 3.26. The highest BCUT2D eigenvalue weighted by atomic mass is 35.5. The summed E-state index contributed by atoms with van der Waals surface area (Å²) in [6, 6.07) is 13.3. The fourth-order valence-corrected chi connectivity index (χ4v) is 5.73. The number of nitrogens with zero attached hydrogens (tertiary/aromatic N) is 2. The molecule has 0 bridgehead atoms. The van der Waals surface area contributed by atoms with Crippen molar-refractivity contribution in [2.24, 2.45) is 0 Å². The molecule has 0 saturated heterocycles. The van der Waals surface area contributed by atoms with Crippen LogP contribution in [-0.2, 0) is 11.9 Å². The predicted molar refractivity (Wildman–Crippen MR) is 121 cm³/mol. The molecule has 2 aromatic heterocycles. The number of hydrogen-bond acceptors (Lipinski definition) is 3. The first kappa shape index (κ1) is 24.8. The van der Waals surface area contributed by atoms with Gasteiger partial charge in [-0.3, -0.25) is 0 Å². The number of rotatable bonds is 5. The molecular formula is C22H18Cl2F3N3S2. The number of aromatic amines is 1. The van der Waals surface area contributed by atoms with E-state index in [1.54, 1.807) is 21.6 Å². The first-order valence-corrected chi connectivity index (χ1v) is 12.0. The Hall–Kier alpha value is -1.87. The van der Waals surface area contributed by atoms with E-state index in [0.29, 0.717) is 27.8 Å². The number of aromatic nitrogens is 3. The molecule has 0 unspecified atom stereocenters. The van der Waals surface area contributed by atoms with Gasteiger partial charge in [-0.15, -0.1) is 0 Å². The maximum absolute atomic E-state index is 13.1. The van der Waals surface area contributed by atoms with Crippen LogP contribution in [0.2, 0.25) is 5.02 Å². The molecule has 2 aromatic carbocycles. The summed E-state index contributed by atoms with van der Waals surface area (Å²) in [7, 11) is 3.28. The zero-order valence-corrected chi connectivity index (χ0v) is 20.1. The molecule has 4 rings (SSSR count). The SMILES string of the molecule is Cc1cc(C)c(CSSc2cccc(Cl)c2)[n+](-c2nc3ccc(C(F)(F)F)cc3[nH]2)c1.[Cl-]. The van der Waals surface area contributed by atoms with Crippen molar-refractivity contribution in [2.45, 2.75) is 30.7 Å². The number of halogens is 5. The van der Waals surface area contributed by atoms with E-state index in [2.05, 4.69) is 16.0 Å². The maximum Gasteiger partial charge on any atom is 0.416 e. The second-order valence-corrected chi connectivity index (χ2v) is 9.92. The average molecular weight is 516 g/mol. The molecule has 0 amide bonds. The van der Waals surface area contributed by atoms with Crippen LogP contribution < -0.4 is 17.0 Å². The Bertz CT molecular complexity index is 1260. The van der Waals surface area contributed by atoms with Crippen molar-refractivity contribution in [3.05, 3.63) is 82.1 Å². The third-order valence-electron chi connectivity index (χ3n) is 4.69. The summed E-state index contributed by atoms with van der Waals surface area (Å²) in [5, 5.41) is 0.688. The smallest absolute Gasteiger partial charge is 0.416 e. The third-order valence-corrected chi connectivity index (χ3v) is 7.17. The summed E-state index contributed by atoms with van der Waals surface area (Å²) >= 11 is 6.06. The second-order valence-electron chi connectivity index (χ2n) is 7.11. The summed E-state index contributed by atoms with van der Waals surface area (Å²) < 4.78 is 41.1. The normalized spacial score (nSPS) is 11.6. The van der Waals surface area contributed by atoms with Crippen molar-refractivity contribution in [2.75, 3.05) is 0 Å². The lowest BCUT2D eigenvalue weighted by Crippen LogP contribution is -3.00. The molecular weight excluding hydrogens is 498 g/mol. The van der Waals surface area contributed by atoms with Crippen LogP contribution in [0.15, 0.2) is 59.6 Å². The molecule has 168 valence electrons. The topological polar surface area (TPSA) is 32.6 Å². The standard InChI is InChI=1S/C22H18ClF3N3S2.ClH/c1-13-8-14(2)20(12-30-31-17-5-3-4-16(23)10-17)29(11-13)21-27-18-7-6-15(22(24,25)26)9-19(18)28-21;/h3-11H,12H2,1-2H3,(H,27,28);1H/q+1;/p-1. The van der Waals surface area contributed by atoms with E-state index in [1.807, 2.05) is 48.9 Å². The van der Waals surface area contributed by atoms with Gasteiger partial charge in [0.05, 0.1) is 23.2 Å². The fraction of sp³-hybridized carbons (Fsp3) is 0.182. The van der Waals surface area contributed by atoms with Crippen molar-refractivity contribution in [1.29, 1.82) is 0 Å². The van der Waals surface area contributed by atoms with Crippen molar-refractivity contribution in [3.8, 4) is 5.95 Å². The lowest BCUT2D eigenvalue weighted by atomic mass is 10.2. The molecule has 0 aliphatic heterocycles. The van der Waals surface area contributed by atoms with Gasteiger partial charge in [-0.2, -0.15) is 13.2 Å². The molecule has 10 heteroatoms. The van der Waals surface area contributed by atoms with Crippen LogP contribution in [0.3, 0.4) is 0 Å². The second kappa shape index (κ2) is 9.95. The molecule has 0 aliphatic rings. The highest BCUT2D eigenvalue weighted by molar-refractivity contribution is 8.76. The minimum atomic E-state index is -4.40. The molecule has 2 heterocycles. The summed E-state index contributed by atoms with van der Waals surface area (Å²) in [5.74, 6) is 1.17. The van der Waals surface area contributed by atoms with Crippen LogP contribution in [0, 0.1) is 13.8 Å². The van der Waals surface area contributed by atoms with Crippen molar-refractivity contribution < 1.29 is 30.1 Å². The zero-order chi connectivity index (χ0) is 22.2. The molecule has 0 radical (unpaired) electrons. The van der Waals surface area contributed by atoms with E-state index in [0.717, 1.165) is 33.8 Å². The molecule has 1 N–H and O–H groups in total. The van der Waals surface area contributed by atoms with Gasteiger partial charge in [-0.05, 0) is 61.4 Å². The van der Waals surface area contributed by atoms with E-state index in [-0.39, 0.29) is 12.4 Å². The van der Waals surface area contributed by atoms with Crippen LogP contribution in [0.4, 0.5) is 13.2 Å². The minimum absolute atomic E-state index is 0. The van der Waals surface area contributed by atoms with Crippen LogP contribution in [0.5, 0.6) is 0 Å². The molecule has 0 saturated carbocycles. The Balaban J connectivity index is 0.00000289. The molecule has 32 heavy (non-hydrogen) atoms. The summed E-state index contributed by atoms with van der Waals surface area (Å²) in [4.78, 5) is 8.64. The molecule has 0 aliphatic carbocycles. The van der Waals surface area contributed by atoms with Gasteiger partial charge in [0.2, 0.25) is 0 Å². The Labute approximate surface area is 202 Å². The van der Waals surface area contributed by atoms with Crippen LogP contribution in [-0.4, -0.2) is 9.97 Å². The van der Waals surface area contributed by atoms with E-state index in [9.17, 15) is 13.2 Å². The zero-order valence-electron chi connectivity index (χ0n) is 17.0. The molecule has 4 aromatic rings. The number of hydrogen-bond donors (Lipinski definition) is 1. The number of benzene rings is 2. The average Bonchev–Trinajstić information content (AvgIpc) is 3.12. The van der Waals surface area contributed by atoms with Gasteiger partial charge in [0.1, 0.15) is 5.52 Å². The first-order chi connectivity index (χ1) is 14.7. The number of imidazole rings is 1. The van der Waals surface area contributed by atoms with Crippen LogP contribution in [0.1, 0.15) is 22.4 Å². The lowest BCUT2D eigenvalue weighted by molar-refractivity contribution is -0.611. The fourth-order valence-electron chi connectivity index (χ4n) is 3.26. The third kappa shape index (κ3) is 5.54. The van der Waals surface area contributed by atoms with E-state index >= 15 is 0 Å². The summed E-state index contributed by atoms with van der Waals surface area (Å²) in [6.07, 6.45) is -2.46. The van der Waals surface area contributed by atoms with Gasteiger partial charge in [0, 0.05) is 9.92 Å². The number of H-pyrrole nitrogens is 1. The van der Waals surface area contributed by atoms with Crippen LogP contribution >= 0.6 is 33.2 Å². The first-order valence-electron chi connectivity index (χ1n) is 9.35. The Kier molecular flexibility index (Phi) is 7.70. The quantitative estimate of drug-likeness (QED) is 0.321. The van der Waals surface area contributed by atoms with Crippen molar-refractivity contribution in [3.63, 3.8) is 0 Å². The molecule has 3 nitrogen and oxygen atoms in total. The summed E-state index contributed by atoms with van der Waals surface area (Å²) in [6.45, 7) is 4.00. The van der Waals surface area contributed by atoms with Crippen molar-refractivity contribution in [1.82, 2.24) is 9.97 Å². The molecule has 0 spiro atoms. The molecule has 0 atom stereocenters. The Morgan fingerprint density at radius 2 is 1.88 bits per heavy atom. The van der Waals surface area contributed by atoms with Gasteiger partial charge in [-0.25, -0.2) is 9.55 Å². The van der Waals surface area contributed by atoms with Gasteiger partial charge >= 0.3 is 12.1 Å². The largest absolute Gasteiger partial charge is 1.00 e. The number of alkyl halides is 3. The van der Waals surface area contributed by atoms with Gasteiger partial charge in [-0.1, -0.05) is 50.3 Å². The predicted octanol–water partition coefficient (Wildman–Crippen LogP) is 4.07. The highest BCUT2D eigenvalue weighted by Gasteiger charge is 2.31. The Morgan fingerprint density at radius 3 is 2.59 bits per heavy atom. The Morgan fingerprint density at radius 1 is 1.09 bits per heavy atom. The maximum atomic E-state index is 13.1. The monoisotopic (exact) mass is 515 g/mol. The van der Waals surface area contributed by atoms with E-state index in [1.165, 1.54) is 6.07 Å². The van der Waals surface area contributed by atoms with E-state index in [4.69, 9.17) is 11.6 Å². The van der Waals surface area contributed by atoms with Gasteiger partial charge in [0.15, 0.2) is 5.52 Å². The van der Waals surface area contributed by atoms with E-state index < -0.39 is 11.7 Å². The number of nitrogens with one attached hydrogen (secondary N) is 1. The molecule has 0 fully saturated rings. The number of fused-ring (bicyclic) bond motifs is 1. The van der Waals surface area contributed by atoms with Gasteiger partial charge in [0.25, 0.3) is 0 Å². The van der Waals surface area contributed by atoms with Gasteiger partial charge < -0.3 is 12.4 Å². The minimum Gasteiger partial charge on any atom is -1.00 e. The van der Waals surface area contributed by atoms with Crippen LogP contribution in [0.25, 0.3) is 17.0 Å². The number of pyridine rings is 1. The lowest BCUT2D eigenvalue weighted by Gasteiger charge is -2.10. The number of aryl methyl sites for hydroxylation is 2. The highest BCUT2D eigenvalue weighted by Crippen LogP contribution is 2.35. The van der Waals surface area contributed by atoms with Crippen molar-refractivity contribution >= 4 is 44.2 Å².